The number of carbonyl (C=O) groups excluding carboxylic acids is 2. The fraction of sp³-hybridized carbons (Fsp3) is 0.589. The molecule has 1 saturated carbocycles. The molecule has 0 spiro atoms. The summed E-state index contributed by atoms with van der Waals surface area (Å²) >= 11 is 0. The number of unbranched alkanes of at least 4 members (excludes halogenated alkanes) is 11. The molecule has 6 atom stereocenters. The summed E-state index contributed by atoms with van der Waals surface area (Å²) in [5, 5.41) is 29.8. The van der Waals surface area contributed by atoms with Gasteiger partial charge in [-0.15, -0.1) is 6.58 Å². The van der Waals surface area contributed by atoms with Crippen molar-refractivity contribution in [1.82, 2.24) is 10.2 Å². The maximum Gasteiger partial charge on any atom is 0.412 e. The number of benzene rings is 3. The van der Waals surface area contributed by atoms with Crippen LogP contribution in [0.3, 0.4) is 0 Å². The number of rotatable bonds is 29. The number of ether oxygens (including phenoxy) is 3. The third kappa shape index (κ3) is 13.1. The predicted molar refractivity (Wildman–Crippen MR) is 268 cm³/mol. The fourth-order valence-electron chi connectivity index (χ4n) is 10.9. The lowest BCUT2D eigenvalue weighted by Gasteiger charge is -2.60. The summed E-state index contributed by atoms with van der Waals surface area (Å²) in [4.78, 5) is 36.4. The van der Waals surface area contributed by atoms with Crippen LogP contribution in [0.25, 0.3) is 10.8 Å². The molecule has 0 saturated heterocycles. The SMILES string of the molecule is C=CCO[C@@]12Oc3ccc(OC(=O)NCCCCCCCCCCCC)cc3[C@H]3[C@H](CCCCO)[C@@H](CCCCO)C=C(C(=NOCC)C[C@@H]1N(CCC)C(=O)c1ccc4ccccc4c1)[C@H]32. The molecule has 3 aromatic carbocycles. The first-order valence-corrected chi connectivity index (χ1v) is 25.8. The van der Waals surface area contributed by atoms with Crippen LogP contribution in [0.5, 0.6) is 11.5 Å². The smallest absolute Gasteiger partial charge is 0.412 e. The number of hydrogen-bond donors (Lipinski definition) is 3. The summed E-state index contributed by atoms with van der Waals surface area (Å²) in [6, 6.07) is 18.9. The summed E-state index contributed by atoms with van der Waals surface area (Å²) in [6.45, 7) is 12.0. The van der Waals surface area contributed by atoms with Gasteiger partial charge in [-0.2, -0.15) is 0 Å². The van der Waals surface area contributed by atoms with Gasteiger partial charge in [0.05, 0.1) is 18.2 Å². The molecule has 0 radical (unpaired) electrons. The standard InChI is InChI=1S/C56H79N3O8/c1-5-9-10-11-12-13-14-15-16-21-32-57-55(63)66-45-30-31-50-48(39-45)52-46(27-20-23-35-61)43(26-19-22-34-60)38-47-49(58-65-8-4)40-51(56(67-50,53(47)52)64-36-7-3)59(33-6-2)54(62)44-29-28-41-24-17-18-25-42(41)37-44/h7,17-18,24-25,28-31,37-39,43,46,51-53,60-61H,3,5-6,8-16,19-23,26-27,32-36,40H2,1-2,4H3,(H,57,63)/t43-,46+,51-,52+,53+,56+/m0/s1. The van der Waals surface area contributed by atoms with E-state index in [2.05, 4.69) is 31.8 Å². The van der Waals surface area contributed by atoms with Crippen LogP contribution in [0.2, 0.25) is 0 Å². The minimum absolute atomic E-state index is 0.0386. The van der Waals surface area contributed by atoms with Gasteiger partial charge in [-0.25, -0.2) is 4.79 Å². The highest BCUT2D eigenvalue weighted by molar-refractivity contribution is 6.04. The molecule has 11 nitrogen and oxygen atoms in total. The fourth-order valence-corrected chi connectivity index (χ4v) is 10.9. The highest BCUT2D eigenvalue weighted by Gasteiger charge is 2.65. The zero-order valence-corrected chi connectivity index (χ0v) is 40.7. The number of aliphatic hydroxyl groups is 2. The largest absolute Gasteiger partial charge is 0.459 e. The number of nitrogens with one attached hydrogen (secondary N) is 1. The average Bonchev–Trinajstić information content (AvgIpc) is 3.34. The van der Waals surface area contributed by atoms with Crippen molar-refractivity contribution in [3.05, 3.63) is 96.1 Å². The second-order valence-corrected chi connectivity index (χ2v) is 18.7. The Bertz CT molecular complexity index is 2100. The molecule has 0 unspecified atom stereocenters. The van der Waals surface area contributed by atoms with Crippen molar-refractivity contribution in [2.45, 2.75) is 154 Å². The third-order valence-corrected chi connectivity index (χ3v) is 14.1. The number of allylic oxidation sites excluding steroid dienone is 1. The van der Waals surface area contributed by atoms with Crippen molar-refractivity contribution in [2.75, 3.05) is 39.5 Å². The molecule has 3 N–H and O–H groups in total. The zero-order valence-electron chi connectivity index (χ0n) is 40.7. The van der Waals surface area contributed by atoms with Gasteiger partial charge in [-0.1, -0.05) is 132 Å². The second-order valence-electron chi connectivity index (χ2n) is 18.7. The minimum Gasteiger partial charge on any atom is -0.459 e. The van der Waals surface area contributed by atoms with Crippen molar-refractivity contribution >= 4 is 28.5 Å². The Hall–Kier alpha value is -4.71. The summed E-state index contributed by atoms with van der Waals surface area (Å²) in [6.07, 6.45) is 21.4. The van der Waals surface area contributed by atoms with Crippen molar-refractivity contribution in [3.63, 3.8) is 0 Å². The Labute approximate surface area is 400 Å². The van der Waals surface area contributed by atoms with Gasteiger partial charge in [-0.05, 0) is 104 Å². The number of oxime groups is 1. The summed E-state index contributed by atoms with van der Waals surface area (Å²) in [7, 11) is 0. The Morgan fingerprint density at radius 1 is 0.851 bits per heavy atom. The van der Waals surface area contributed by atoms with E-state index in [9.17, 15) is 15.0 Å². The number of carbonyl (C=O) groups is 2. The first-order valence-electron chi connectivity index (χ1n) is 25.8. The van der Waals surface area contributed by atoms with Crippen LogP contribution in [0.4, 0.5) is 4.79 Å². The second kappa shape index (κ2) is 26.7. The lowest BCUT2D eigenvalue weighted by Crippen LogP contribution is -2.70. The molecular formula is C56H79N3O8. The van der Waals surface area contributed by atoms with Gasteiger partial charge in [0.1, 0.15) is 24.1 Å². The van der Waals surface area contributed by atoms with Gasteiger partial charge in [-0.3, -0.25) is 4.79 Å². The molecule has 2 aliphatic carbocycles. The molecule has 11 heteroatoms. The number of hydrogen-bond acceptors (Lipinski definition) is 9. The first-order chi connectivity index (χ1) is 32.8. The van der Waals surface area contributed by atoms with Gasteiger partial charge >= 0.3 is 6.09 Å². The van der Waals surface area contributed by atoms with E-state index in [-0.39, 0.29) is 43.5 Å². The van der Waals surface area contributed by atoms with Crippen LogP contribution in [0, 0.1) is 17.8 Å². The summed E-state index contributed by atoms with van der Waals surface area (Å²) in [5.74, 6) is -1.07. The average molecular weight is 922 g/mol. The Balaban J connectivity index is 1.39. The van der Waals surface area contributed by atoms with Crippen molar-refractivity contribution in [3.8, 4) is 11.5 Å². The van der Waals surface area contributed by atoms with Crippen LogP contribution < -0.4 is 14.8 Å². The molecule has 366 valence electrons. The van der Waals surface area contributed by atoms with E-state index in [1.807, 2.05) is 66.4 Å². The molecule has 0 bridgehead atoms. The highest BCUT2D eigenvalue weighted by Crippen LogP contribution is 2.62. The summed E-state index contributed by atoms with van der Waals surface area (Å²) in [5.41, 5.74) is 3.19. The van der Waals surface area contributed by atoms with Crippen molar-refractivity contribution in [2.24, 2.45) is 22.9 Å². The Morgan fingerprint density at radius 2 is 1.57 bits per heavy atom. The van der Waals surface area contributed by atoms with Gasteiger partial charge in [0, 0.05) is 49.8 Å². The molecule has 0 aromatic heterocycles. The molecule has 2 amide bonds. The van der Waals surface area contributed by atoms with E-state index < -0.39 is 23.8 Å². The van der Waals surface area contributed by atoms with Crippen molar-refractivity contribution in [1.29, 1.82) is 0 Å². The number of nitrogens with zero attached hydrogens (tertiary/aromatic N) is 2. The van der Waals surface area contributed by atoms with Gasteiger partial charge < -0.3 is 39.5 Å². The number of fused-ring (bicyclic) bond motifs is 3. The molecular weight excluding hydrogens is 843 g/mol. The molecule has 1 heterocycles. The maximum atomic E-state index is 15.2. The van der Waals surface area contributed by atoms with E-state index in [0.717, 1.165) is 66.1 Å². The molecule has 6 rings (SSSR count). The maximum absolute atomic E-state index is 15.2. The van der Waals surface area contributed by atoms with Gasteiger partial charge in [0.15, 0.2) is 0 Å². The lowest BCUT2D eigenvalue weighted by molar-refractivity contribution is -0.254. The van der Waals surface area contributed by atoms with Crippen LogP contribution in [-0.2, 0) is 9.57 Å². The van der Waals surface area contributed by atoms with Crippen LogP contribution >= 0.6 is 0 Å². The normalized spacial score (nSPS) is 22.3. The number of amides is 2. The van der Waals surface area contributed by atoms with Gasteiger partial charge in [0.2, 0.25) is 5.79 Å². The Morgan fingerprint density at radius 3 is 2.27 bits per heavy atom. The predicted octanol–water partition coefficient (Wildman–Crippen LogP) is 12.1. The quantitative estimate of drug-likeness (QED) is 0.0355. The van der Waals surface area contributed by atoms with E-state index in [1.54, 1.807) is 12.1 Å². The monoisotopic (exact) mass is 922 g/mol. The molecule has 1 aliphatic heterocycles. The Kier molecular flexibility index (Phi) is 20.6. The summed E-state index contributed by atoms with van der Waals surface area (Å²) < 4.78 is 20.6. The highest BCUT2D eigenvalue weighted by atomic mass is 16.7. The zero-order chi connectivity index (χ0) is 47.4. The van der Waals surface area contributed by atoms with E-state index in [0.29, 0.717) is 62.4 Å². The molecule has 3 aromatic rings. The van der Waals surface area contributed by atoms with Crippen molar-refractivity contribution < 1.29 is 38.9 Å². The molecule has 1 fully saturated rings. The molecule has 3 aliphatic rings. The van der Waals surface area contributed by atoms with E-state index in [4.69, 9.17) is 24.2 Å². The van der Waals surface area contributed by atoms with Crippen LogP contribution in [0.1, 0.15) is 158 Å². The molecule has 67 heavy (non-hydrogen) atoms. The van der Waals surface area contributed by atoms with Crippen LogP contribution in [0.15, 0.2) is 90.1 Å². The first kappa shape index (κ1) is 51.7. The minimum atomic E-state index is -1.38. The van der Waals surface area contributed by atoms with Gasteiger partial charge in [0.25, 0.3) is 5.91 Å². The lowest BCUT2D eigenvalue weighted by atomic mass is 9.55. The van der Waals surface area contributed by atoms with E-state index >= 15 is 4.79 Å². The van der Waals surface area contributed by atoms with E-state index in [1.165, 1.54) is 51.4 Å². The van der Waals surface area contributed by atoms with Crippen LogP contribution in [-0.4, -0.2) is 84.2 Å². The third-order valence-electron chi connectivity index (χ3n) is 14.1. The topological polar surface area (TPSA) is 139 Å². The number of aliphatic hydroxyl groups excluding tert-OH is 2.